The molecule has 7 heteroatoms. The van der Waals surface area contributed by atoms with Gasteiger partial charge < -0.3 is 20.5 Å². The second kappa shape index (κ2) is 10.1. The average Bonchev–Trinajstić information content (AvgIpc) is 3.10. The van der Waals surface area contributed by atoms with Crippen molar-refractivity contribution in [3.8, 4) is 11.1 Å². The molecule has 2 unspecified atom stereocenters. The monoisotopic (exact) mass is 436 g/mol. The number of carbonyl (C=O) groups is 3. The Bertz CT molecular complexity index is 1000. The number of hydrogen-bond donors (Lipinski definition) is 3. The lowest BCUT2D eigenvalue weighted by Crippen LogP contribution is -2.40. The topological polar surface area (TPSA) is 105 Å². The molecule has 0 aromatic heterocycles. The number of carboxylic acid groups (broad SMARTS) is 1. The Hall–Kier alpha value is -3.61. The van der Waals surface area contributed by atoms with Gasteiger partial charge >= 0.3 is 12.1 Å². The maximum Gasteiger partial charge on any atom is 0.407 e. The van der Waals surface area contributed by atoms with Crippen LogP contribution in [0.5, 0.6) is 0 Å². The molecule has 0 fully saturated rings. The SMILES string of the molecule is C/C(=C\CNC(=O)OCC1c2ccccc2-c2ccccc21)C(=O)NC(C)C(C)C(=O)O. The van der Waals surface area contributed by atoms with Crippen molar-refractivity contribution in [1.29, 1.82) is 0 Å². The predicted octanol–water partition coefficient (Wildman–Crippen LogP) is 3.70. The number of aliphatic carboxylic acids is 1. The van der Waals surface area contributed by atoms with Crippen LogP contribution in [0.3, 0.4) is 0 Å². The third-order valence-electron chi connectivity index (χ3n) is 5.85. The Balaban J connectivity index is 1.51. The van der Waals surface area contributed by atoms with Crippen LogP contribution in [0.1, 0.15) is 37.8 Å². The van der Waals surface area contributed by atoms with Crippen LogP contribution in [0.15, 0.2) is 60.2 Å². The van der Waals surface area contributed by atoms with Crippen LogP contribution in [0.4, 0.5) is 4.79 Å². The van der Waals surface area contributed by atoms with Gasteiger partial charge in [-0.1, -0.05) is 54.6 Å². The summed E-state index contributed by atoms with van der Waals surface area (Å²) >= 11 is 0. The molecule has 7 nitrogen and oxygen atoms in total. The Kier molecular flexibility index (Phi) is 7.30. The second-order valence-electron chi connectivity index (χ2n) is 7.98. The van der Waals surface area contributed by atoms with Crippen molar-refractivity contribution in [2.45, 2.75) is 32.7 Å². The second-order valence-corrected chi connectivity index (χ2v) is 7.98. The first kappa shape index (κ1) is 23.1. The summed E-state index contributed by atoms with van der Waals surface area (Å²) in [5, 5.41) is 14.3. The molecule has 1 aliphatic rings. The highest BCUT2D eigenvalue weighted by Gasteiger charge is 2.29. The molecule has 0 heterocycles. The molecule has 0 aliphatic heterocycles. The molecule has 0 radical (unpaired) electrons. The minimum Gasteiger partial charge on any atom is -0.481 e. The Morgan fingerprint density at radius 3 is 2.16 bits per heavy atom. The van der Waals surface area contributed by atoms with E-state index in [1.54, 1.807) is 19.9 Å². The highest BCUT2D eigenvalue weighted by molar-refractivity contribution is 5.93. The van der Waals surface area contributed by atoms with Crippen LogP contribution < -0.4 is 10.6 Å². The van der Waals surface area contributed by atoms with Crippen molar-refractivity contribution in [3.05, 3.63) is 71.3 Å². The van der Waals surface area contributed by atoms with Gasteiger partial charge in [0.15, 0.2) is 0 Å². The van der Waals surface area contributed by atoms with Gasteiger partial charge in [-0.05, 0) is 43.0 Å². The first-order valence-corrected chi connectivity index (χ1v) is 10.6. The van der Waals surface area contributed by atoms with Crippen molar-refractivity contribution in [1.82, 2.24) is 10.6 Å². The number of ether oxygens (including phenoxy) is 1. The Morgan fingerprint density at radius 2 is 1.59 bits per heavy atom. The molecule has 3 N–H and O–H groups in total. The molecule has 2 aromatic carbocycles. The van der Waals surface area contributed by atoms with Gasteiger partial charge in [0.25, 0.3) is 0 Å². The van der Waals surface area contributed by atoms with E-state index in [9.17, 15) is 14.4 Å². The molecule has 0 spiro atoms. The van der Waals surface area contributed by atoms with Gasteiger partial charge in [0.05, 0.1) is 5.92 Å². The number of carboxylic acids is 1. The summed E-state index contributed by atoms with van der Waals surface area (Å²) < 4.78 is 5.46. The van der Waals surface area contributed by atoms with E-state index in [1.165, 1.54) is 6.92 Å². The van der Waals surface area contributed by atoms with Crippen LogP contribution in [-0.2, 0) is 14.3 Å². The van der Waals surface area contributed by atoms with Crippen LogP contribution in [0.25, 0.3) is 11.1 Å². The summed E-state index contributed by atoms with van der Waals surface area (Å²) in [6.45, 7) is 5.11. The molecular formula is C25H28N2O5. The predicted molar refractivity (Wildman–Crippen MR) is 121 cm³/mol. The Morgan fingerprint density at radius 1 is 1.03 bits per heavy atom. The fourth-order valence-electron chi connectivity index (χ4n) is 3.69. The maximum absolute atomic E-state index is 12.2. The van der Waals surface area contributed by atoms with E-state index in [1.807, 2.05) is 24.3 Å². The standard InChI is InChI=1S/C25H28N2O5/c1-15(23(28)27-17(3)16(2)24(29)30)12-13-26-25(31)32-14-22-20-10-6-4-8-18(20)19-9-5-7-11-21(19)22/h4-12,16-17,22H,13-14H2,1-3H3,(H,26,31)(H,27,28)(H,29,30)/b15-12+. The van der Waals surface area contributed by atoms with Crippen LogP contribution >= 0.6 is 0 Å². The van der Waals surface area contributed by atoms with Gasteiger partial charge in [-0.3, -0.25) is 9.59 Å². The fraction of sp³-hybridized carbons (Fsp3) is 0.320. The summed E-state index contributed by atoms with van der Waals surface area (Å²) in [7, 11) is 0. The van der Waals surface area contributed by atoms with Crippen LogP contribution in [-0.4, -0.2) is 42.3 Å². The number of rotatable bonds is 8. The molecule has 0 saturated heterocycles. The molecule has 3 rings (SSSR count). The largest absolute Gasteiger partial charge is 0.481 e. The Labute approximate surface area is 187 Å². The van der Waals surface area contributed by atoms with Crippen molar-refractivity contribution < 1.29 is 24.2 Å². The molecule has 0 saturated carbocycles. The molecular weight excluding hydrogens is 408 g/mol. The third-order valence-corrected chi connectivity index (χ3v) is 5.85. The summed E-state index contributed by atoms with van der Waals surface area (Å²) in [5.41, 5.74) is 4.98. The van der Waals surface area contributed by atoms with E-state index >= 15 is 0 Å². The smallest absolute Gasteiger partial charge is 0.407 e. The third kappa shape index (κ3) is 5.17. The van der Waals surface area contributed by atoms with Gasteiger partial charge in [0, 0.05) is 24.1 Å². The summed E-state index contributed by atoms with van der Waals surface area (Å²) in [4.78, 5) is 35.4. The van der Waals surface area contributed by atoms with Gasteiger partial charge in [0.2, 0.25) is 5.91 Å². The van der Waals surface area contributed by atoms with Crippen LogP contribution in [0, 0.1) is 5.92 Å². The summed E-state index contributed by atoms with van der Waals surface area (Å²) in [6.07, 6.45) is 0.999. The lowest BCUT2D eigenvalue weighted by molar-refractivity contribution is -0.142. The highest BCUT2D eigenvalue weighted by Crippen LogP contribution is 2.44. The van der Waals surface area contributed by atoms with E-state index in [0.717, 1.165) is 22.3 Å². The van der Waals surface area contributed by atoms with Crippen LogP contribution in [0.2, 0.25) is 0 Å². The molecule has 168 valence electrons. The van der Waals surface area contributed by atoms with Gasteiger partial charge in [-0.2, -0.15) is 0 Å². The van der Waals surface area contributed by atoms with E-state index < -0.39 is 24.0 Å². The molecule has 2 aromatic rings. The van der Waals surface area contributed by atoms with Crippen molar-refractivity contribution >= 4 is 18.0 Å². The average molecular weight is 437 g/mol. The van der Waals surface area contributed by atoms with E-state index in [4.69, 9.17) is 9.84 Å². The number of carbonyl (C=O) groups excluding carboxylic acids is 2. The van der Waals surface area contributed by atoms with Gasteiger partial charge in [-0.25, -0.2) is 4.79 Å². The maximum atomic E-state index is 12.2. The number of nitrogens with one attached hydrogen (secondary N) is 2. The zero-order valence-electron chi connectivity index (χ0n) is 18.4. The molecule has 2 amide bonds. The number of fused-ring (bicyclic) bond motifs is 3. The summed E-state index contributed by atoms with van der Waals surface area (Å²) in [6, 6.07) is 15.7. The number of alkyl carbamates (subject to hydrolysis) is 1. The minimum atomic E-state index is -0.976. The molecule has 32 heavy (non-hydrogen) atoms. The lowest BCUT2D eigenvalue weighted by Gasteiger charge is -2.18. The number of benzene rings is 2. The van der Waals surface area contributed by atoms with E-state index in [2.05, 4.69) is 34.9 Å². The number of amides is 2. The first-order valence-electron chi connectivity index (χ1n) is 10.6. The zero-order chi connectivity index (χ0) is 23.3. The van der Waals surface area contributed by atoms with Gasteiger partial charge in [0.1, 0.15) is 6.61 Å². The molecule has 0 bridgehead atoms. The van der Waals surface area contributed by atoms with Gasteiger partial charge in [-0.15, -0.1) is 0 Å². The quantitative estimate of drug-likeness (QED) is 0.548. The number of hydrogen-bond acceptors (Lipinski definition) is 4. The zero-order valence-corrected chi connectivity index (χ0v) is 18.4. The first-order chi connectivity index (χ1) is 15.3. The van der Waals surface area contributed by atoms with Crippen molar-refractivity contribution in [2.24, 2.45) is 5.92 Å². The summed E-state index contributed by atoms with van der Waals surface area (Å²) in [5.74, 6) is -2.07. The normalized spacial score (nSPS) is 14.7. The van der Waals surface area contributed by atoms with Crippen molar-refractivity contribution in [2.75, 3.05) is 13.2 Å². The van der Waals surface area contributed by atoms with E-state index in [-0.39, 0.29) is 25.0 Å². The lowest BCUT2D eigenvalue weighted by atomic mass is 9.98. The highest BCUT2D eigenvalue weighted by atomic mass is 16.5. The van der Waals surface area contributed by atoms with Crippen molar-refractivity contribution in [3.63, 3.8) is 0 Å². The molecule has 2 atom stereocenters. The molecule has 1 aliphatic carbocycles. The van der Waals surface area contributed by atoms with E-state index in [0.29, 0.717) is 5.57 Å². The minimum absolute atomic E-state index is 0.0195. The fourth-order valence-corrected chi connectivity index (χ4v) is 3.69.